The number of unbranched alkanes of at least 4 members (excludes halogenated alkanes) is 21. The Kier molecular flexibility index (Phi) is 89.7. The summed E-state index contributed by atoms with van der Waals surface area (Å²) in [4.78, 5) is 53.5. The number of hydrogen-bond acceptors (Lipinski definition) is 12. The fourth-order valence-electron chi connectivity index (χ4n) is 7.01. The van der Waals surface area contributed by atoms with Crippen molar-refractivity contribution in [2.75, 3.05) is 26.2 Å². The minimum absolute atomic E-state index is 0.0185. The molecule has 0 fully saturated rings. The fraction of sp³-hybridized carbons (Fsp3) is 0.629. The average Bonchev–Trinajstić information content (AvgIpc) is 3.52. The van der Waals surface area contributed by atoms with E-state index in [-0.39, 0.29) is 50.0 Å². The van der Waals surface area contributed by atoms with Gasteiger partial charge in [0.25, 0.3) is 0 Å². The molecule has 0 amide bonds. The number of allylic oxidation sites excluding steroid dienone is 2. The first-order valence-corrected chi connectivity index (χ1v) is 32.8. The van der Waals surface area contributed by atoms with Crippen LogP contribution in [0.1, 0.15) is 222 Å². The minimum atomic E-state index is -1.56. The Hall–Kier alpha value is -4.68. The van der Waals surface area contributed by atoms with Gasteiger partial charge < -0.3 is 53.6 Å². The predicted molar refractivity (Wildman–Crippen MR) is 330 cm³/mol. The molecule has 87 heavy (non-hydrogen) atoms. The summed E-state index contributed by atoms with van der Waals surface area (Å²) in [5.74, 6) is -3.76. The maximum absolute atomic E-state index is 10.4. The summed E-state index contributed by atoms with van der Waals surface area (Å²) in [7, 11) is 0. The summed E-state index contributed by atoms with van der Waals surface area (Å²) in [5.41, 5.74) is 30.5. The van der Waals surface area contributed by atoms with E-state index in [0.29, 0.717) is 60.3 Å². The second-order valence-corrected chi connectivity index (χ2v) is 19.7. The molecule has 3 heterocycles. The zero-order valence-electron chi connectivity index (χ0n) is 52.5. The number of carboxylic acids is 4. The van der Waals surface area contributed by atoms with Gasteiger partial charge in [-0.2, -0.15) is 26.2 Å². The number of pyridine rings is 3. The summed E-state index contributed by atoms with van der Waals surface area (Å²) in [6, 6.07) is 14.8. The maximum atomic E-state index is 10.4. The molecule has 3 aromatic rings. The second-order valence-electron chi connectivity index (χ2n) is 19.2. The van der Waals surface area contributed by atoms with Crippen molar-refractivity contribution in [3.63, 3.8) is 0 Å². The van der Waals surface area contributed by atoms with Crippen LogP contribution in [-0.4, -0.2) is 104 Å². The van der Waals surface area contributed by atoms with E-state index >= 15 is 0 Å². The van der Waals surface area contributed by atoms with E-state index in [1.807, 2.05) is 0 Å². The topological polar surface area (TPSA) is 415 Å². The molecule has 25 heteroatoms. The van der Waals surface area contributed by atoms with Crippen LogP contribution in [0.2, 0.25) is 0 Å². The molecule has 0 bridgehead atoms. The number of rotatable bonds is 37. The molecule has 12 N–H and O–H groups in total. The Bertz CT molecular complexity index is 1760. The van der Waals surface area contributed by atoms with Crippen LogP contribution >= 0.6 is 0 Å². The molecule has 0 atom stereocenters. The molecule has 22 nitrogen and oxygen atoms in total. The molecular weight excluding hydrogens is 1240 g/mol. The average molecular weight is 1340 g/mol. The van der Waals surface area contributed by atoms with Crippen molar-refractivity contribution in [3.8, 4) is 0 Å². The van der Waals surface area contributed by atoms with Gasteiger partial charge >= 0.3 is 93.5 Å². The SMILES string of the molecule is C=C(O)Cc1cccc(CC(=O)O)n1.C=C(O)Cc1cccc(CC(=O)O)n1.CCCCCCCCC[NH-].CCCCCCCC[NH-].CCCCCCCC[NH-].CCCCCCCC[NH-].O=C(O)Cc1cccc(CC(=O)O)n1.[O]=[V+2].[O]=[V][OH].[O]=[V][OH]. The van der Waals surface area contributed by atoms with Crippen LogP contribution in [0.4, 0.5) is 0 Å². The van der Waals surface area contributed by atoms with Gasteiger partial charge in [0.05, 0.1) is 60.0 Å². The van der Waals surface area contributed by atoms with E-state index in [1.54, 1.807) is 54.6 Å². The number of aromatic nitrogens is 3. The van der Waals surface area contributed by atoms with Crippen molar-refractivity contribution in [2.45, 2.75) is 227 Å². The first kappa shape index (κ1) is 96.0. The summed E-state index contributed by atoms with van der Waals surface area (Å²) in [6.07, 6.45) is 32.5. The first-order valence-electron chi connectivity index (χ1n) is 29.9. The van der Waals surface area contributed by atoms with Crippen LogP contribution in [0, 0.1) is 0 Å². The molecule has 0 radical (unpaired) electrons. The molecular formula is C62H107N7O15V3-2. The molecule has 0 saturated heterocycles. The summed E-state index contributed by atoms with van der Waals surface area (Å²) < 4.78 is 39.6. The van der Waals surface area contributed by atoms with Crippen LogP contribution < -0.4 is 0 Å². The molecule has 3 aromatic heterocycles. The number of nitrogens with one attached hydrogen (secondary N) is 4. The van der Waals surface area contributed by atoms with Crippen LogP contribution in [0.15, 0.2) is 79.3 Å². The van der Waals surface area contributed by atoms with Gasteiger partial charge in [-0.1, -0.05) is 220 Å². The Morgan fingerprint density at radius 3 is 0.644 bits per heavy atom. The Balaban J connectivity index is -0.000000169. The summed E-state index contributed by atoms with van der Waals surface area (Å²) >= 11 is -2.06. The number of nitrogens with zero attached hydrogens (tertiary/aromatic N) is 3. The van der Waals surface area contributed by atoms with Gasteiger partial charge in [0.1, 0.15) is 0 Å². The quantitative estimate of drug-likeness (QED) is 0.0196. The fourth-order valence-corrected chi connectivity index (χ4v) is 7.01. The Labute approximate surface area is 544 Å². The third kappa shape index (κ3) is 92.6. The van der Waals surface area contributed by atoms with Gasteiger partial charge in [0.15, 0.2) is 0 Å². The molecule has 0 aliphatic carbocycles. The van der Waals surface area contributed by atoms with Crippen molar-refractivity contribution in [2.24, 2.45) is 0 Å². The zero-order valence-corrected chi connectivity index (χ0v) is 56.7. The van der Waals surface area contributed by atoms with Gasteiger partial charge in [-0.3, -0.25) is 34.1 Å². The van der Waals surface area contributed by atoms with E-state index in [2.05, 4.69) is 55.8 Å². The summed E-state index contributed by atoms with van der Waals surface area (Å²) in [5, 5.41) is 51.9. The Morgan fingerprint density at radius 1 is 0.356 bits per heavy atom. The van der Waals surface area contributed by atoms with Gasteiger partial charge in [0, 0.05) is 24.2 Å². The number of carboxylic acid groups (broad SMARTS) is 4. The van der Waals surface area contributed by atoms with Gasteiger partial charge in [-0.05, 0) is 36.4 Å². The van der Waals surface area contributed by atoms with Gasteiger partial charge in [-0.25, -0.2) is 0 Å². The Morgan fingerprint density at radius 2 is 0.506 bits per heavy atom. The van der Waals surface area contributed by atoms with Crippen LogP contribution in [0.5, 0.6) is 0 Å². The first-order chi connectivity index (χ1) is 41.7. The van der Waals surface area contributed by atoms with E-state index in [4.69, 9.17) is 72.7 Å². The summed E-state index contributed by atoms with van der Waals surface area (Å²) in [6.45, 7) is 18.1. The van der Waals surface area contributed by atoms with Crippen molar-refractivity contribution in [1.29, 1.82) is 0 Å². The van der Waals surface area contributed by atoms with Crippen LogP contribution in [0.25, 0.3) is 22.9 Å². The van der Waals surface area contributed by atoms with Crippen molar-refractivity contribution in [1.82, 2.24) is 15.0 Å². The third-order valence-electron chi connectivity index (χ3n) is 11.1. The number of aliphatic carboxylic acids is 4. The standard InChI is InChI=1S/2C10H11NO3.C9H9NO4.C9H20N.3C8H18N.2H2O.3O.3V/c2*1-7(12)5-8-3-2-4-9(11-8)6-10(13)14;11-8(12)4-6-2-1-3-7(10-6)5-9(13)14;1-2-3-4-5-6-7-8-9-10;3*1-2-3-4-5-6-7-8-9;;;;;;;;/h2*2-4,12H,1,5-6H2,(H,13,14);1-3H,4-5H2,(H,11,12)(H,13,14);10H,2-9H2,1H3;3*9H,2-8H2,1H3;2*1H2;;;;;;/q;;;4*-1;;;;;;2*+1;+2/p-2. The van der Waals surface area contributed by atoms with Crippen molar-refractivity contribution >= 4 is 23.9 Å². The van der Waals surface area contributed by atoms with Crippen molar-refractivity contribution in [3.05, 3.63) is 136 Å². The third-order valence-corrected chi connectivity index (χ3v) is 11.1. The molecule has 0 unspecified atom stereocenters. The monoisotopic (exact) mass is 1340 g/mol. The van der Waals surface area contributed by atoms with Crippen LogP contribution in [-0.2, 0) is 119 Å². The van der Waals surface area contributed by atoms with Crippen LogP contribution in [0.3, 0.4) is 0 Å². The number of carbonyl (C=O) groups is 4. The molecule has 497 valence electrons. The molecule has 3 rings (SSSR count). The normalized spacial score (nSPS) is 9.33. The molecule has 0 saturated carbocycles. The second kappa shape index (κ2) is 81.3. The number of hydrogen-bond donors (Lipinski definition) is 8. The molecule has 0 spiro atoms. The van der Waals surface area contributed by atoms with Gasteiger partial charge in [-0.15, -0.1) is 0 Å². The number of aliphatic hydroxyl groups excluding tert-OH is 2. The number of aliphatic hydroxyl groups is 2. The van der Waals surface area contributed by atoms with E-state index in [1.165, 1.54) is 135 Å². The molecule has 0 aliphatic rings. The molecule has 0 aromatic carbocycles. The van der Waals surface area contributed by atoms with E-state index in [9.17, 15) is 19.2 Å². The predicted octanol–water partition coefficient (Wildman–Crippen LogP) is 15.5. The van der Waals surface area contributed by atoms with E-state index < -0.39 is 57.1 Å². The zero-order chi connectivity index (χ0) is 67.6. The molecule has 0 aliphatic heterocycles. The van der Waals surface area contributed by atoms with E-state index in [0.717, 1.165) is 43.1 Å². The van der Waals surface area contributed by atoms with Gasteiger partial charge in [0.2, 0.25) is 0 Å². The van der Waals surface area contributed by atoms with Crippen molar-refractivity contribution < 1.29 is 119 Å².